The quantitative estimate of drug-likeness (QED) is 0.524. The van der Waals surface area contributed by atoms with Gasteiger partial charge in [-0.1, -0.05) is 0 Å². The molecule has 0 heterocycles. The number of nitro benzene ring substituents is 1. The van der Waals surface area contributed by atoms with E-state index in [4.69, 9.17) is 11.0 Å². The summed E-state index contributed by atoms with van der Waals surface area (Å²) in [6.45, 7) is 0. The zero-order chi connectivity index (χ0) is 14.7. The summed E-state index contributed by atoms with van der Waals surface area (Å²) in [4.78, 5) is 12.0. The van der Waals surface area contributed by atoms with Gasteiger partial charge in [0.2, 0.25) is 0 Å². The van der Waals surface area contributed by atoms with Crippen molar-refractivity contribution in [3.63, 3.8) is 0 Å². The summed E-state index contributed by atoms with van der Waals surface area (Å²) in [6, 6.07) is 13.4. The number of nitrogens with two attached hydrogens (primary N) is 1. The van der Waals surface area contributed by atoms with Crippen LogP contribution in [-0.2, 0) is 0 Å². The fourth-order valence-electron chi connectivity index (χ4n) is 1.86. The largest absolute Gasteiger partial charge is 0.397 e. The van der Waals surface area contributed by atoms with Crippen molar-refractivity contribution in [2.45, 2.75) is 0 Å². The van der Waals surface area contributed by atoms with E-state index in [1.165, 1.54) is 12.1 Å². The standard InChI is InChI=1S/C14H12N4O2/c1-17(11-4-2-10(9-15)3-5-11)14-7-6-12(18(19)20)8-13(14)16/h2-8H,16H2,1H3. The molecule has 0 aliphatic carbocycles. The van der Waals surface area contributed by atoms with Crippen LogP contribution in [0.1, 0.15) is 5.56 Å². The first-order valence-electron chi connectivity index (χ1n) is 5.80. The summed E-state index contributed by atoms with van der Waals surface area (Å²) in [5.41, 5.74) is 8.21. The average Bonchev–Trinajstić information content (AvgIpc) is 2.46. The zero-order valence-corrected chi connectivity index (χ0v) is 10.8. The molecule has 6 nitrogen and oxygen atoms in total. The third-order valence-corrected chi connectivity index (χ3v) is 2.97. The highest BCUT2D eigenvalue weighted by Gasteiger charge is 2.12. The molecule has 0 amide bonds. The van der Waals surface area contributed by atoms with E-state index < -0.39 is 4.92 Å². The highest BCUT2D eigenvalue weighted by molar-refractivity contribution is 5.76. The lowest BCUT2D eigenvalue weighted by Crippen LogP contribution is -2.11. The minimum atomic E-state index is -0.484. The second-order valence-electron chi connectivity index (χ2n) is 4.22. The minimum absolute atomic E-state index is 0.0421. The molecule has 0 unspecified atom stereocenters. The van der Waals surface area contributed by atoms with Crippen LogP contribution in [0.5, 0.6) is 0 Å². The molecule has 0 aliphatic rings. The normalized spacial score (nSPS) is 9.80. The summed E-state index contributed by atoms with van der Waals surface area (Å²) in [6.07, 6.45) is 0. The van der Waals surface area contributed by atoms with Gasteiger partial charge < -0.3 is 10.6 Å². The topological polar surface area (TPSA) is 96.2 Å². The average molecular weight is 268 g/mol. The summed E-state index contributed by atoms with van der Waals surface area (Å²) in [7, 11) is 1.80. The van der Waals surface area contributed by atoms with Crippen LogP contribution in [0.4, 0.5) is 22.7 Å². The van der Waals surface area contributed by atoms with Crippen molar-refractivity contribution in [3.05, 3.63) is 58.1 Å². The van der Waals surface area contributed by atoms with Gasteiger partial charge in [-0.3, -0.25) is 10.1 Å². The second-order valence-corrected chi connectivity index (χ2v) is 4.22. The van der Waals surface area contributed by atoms with E-state index in [2.05, 4.69) is 0 Å². The van der Waals surface area contributed by atoms with E-state index in [0.717, 1.165) is 5.69 Å². The molecular formula is C14H12N4O2. The summed E-state index contributed by atoms with van der Waals surface area (Å²) < 4.78 is 0. The van der Waals surface area contributed by atoms with Crippen molar-refractivity contribution >= 4 is 22.7 Å². The molecule has 2 aromatic rings. The Morgan fingerprint density at radius 1 is 1.25 bits per heavy atom. The Balaban J connectivity index is 2.35. The molecule has 0 bridgehead atoms. The van der Waals surface area contributed by atoms with Crippen LogP contribution in [0.2, 0.25) is 0 Å². The molecule has 0 aromatic heterocycles. The van der Waals surface area contributed by atoms with Gasteiger partial charge in [-0.2, -0.15) is 5.26 Å². The molecule has 0 saturated heterocycles. The Morgan fingerprint density at radius 3 is 2.40 bits per heavy atom. The third-order valence-electron chi connectivity index (χ3n) is 2.97. The fraction of sp³-hybridized carbons (Fsp3) is 0.0714. The number of nitriles is 1. The fourth-order valence-corrected chi connectivity index (χ4v) is 1.86. The number of nitrogen functional groups attached to an aromatic ring is 1. The molecule has 0 aliphatic heterocycles. The molecule has 20 heavy (non-hydrogen) atoms. The van der Waals surface area contributed by atoms with Crippen LogP contribution in [0.3, 0.4) is 0 Å². The van der Waals surface area contributed by atoms with Crippen molar-refractivity contribution in [3.8, 4) is 6.07 Å². The smallest absolute Gasteiger partial charge is 0.271 e. The number of rotatable bonds is 3. The Labute approximate surface area is 115 Å². The van der Waals surface area contributed by atoms with Gasteiger partial charge in [0, 0.05) is 24.9 Å². The predicted molar refractivity (Wildman–Crippen MR) is 76.7 cm³/mol. The van der Waals surface area contributed by atoms with Crippen molar-refractivity contribution in [2.24, 2.45) is 0 Å². The molecule has 0 atom stereocenters. The first-order valence-corrected chi connectivity index (χ1v) is 5.80. The molecular weight excluding hydrogens is 256 g/mol. The van der Waals surface area contributed by atoms with Crippen LogP contribution in [0.15, 0.2) is 42.5 Å². The molecule has 2 rings (SSSR count). The van der Waals surface area contributed by atoms with Gasteiger partial charge >= 0.3 is 0 Å². The SMILES string of the molecule is CN(c1ccc(C#N)cc1)c1ccc([N+](=O)[O-])cc1N. The van der Waals surface area contributed by atoms with Gasteiger partial charge in [-0.15, -0.1) is 0 Å². The van der Waals surface area contributed by atoms with Crippen LogP contribution < -0.4 is 10.6 Å². The minimum Gasteiger partial charge on any atom is -0.397 e. The Bertz CT molecular complexity index is 689. The van der Waals surface area contributed by atoms with Gasteiger partial charge in [0.1, 0.15) is 0 Å². The van der Waals surface area contributed by atoms with E-state index in [1.54, 1.807) is 42.3 Å². The maximum Gasteiger partial charge on any atom is 0.271 e. The Hall–Kier alpha value is -3.07. The molecule has 0 saturated carbocycles. The lowest BCUT2D eigenvalue weighted by molar-refractivity contribution is -0.384. The van der Waals surface area contributed by atoms with E-state index in [-0.39, 0.29) is 5.69 Å². The Kier molecular flexibility index (Phi) is 3.53. The maximum atomic E-state index is 10.7. The molecule has 100 valence electrons. The predicted octanol–water partition coefficient (Wildman–Crippen LogP) is 2.82. The molecule has 2 N–H and O–H groups in total. The summed E-state index contributed by atoms with van der Waals surface area (Å²) in [5.74, 6) is 0. The van der Waals surface area contributed by atoms with Crippen LogP contribution in [0.25, 0.3) is 0 Å². The van der Waals surface area contributed by atoms with Gasteiger partial charge in [0.25, 0.3) is 5.69 Å². The highest BCUT2D eigenvalue weighted by Crippen LogP contribution is 2.31. The van der Waals surface area contributed by atoms with Crippen LogP contribution >= 0.6 is 0 Å². The van der Waals surface area contributed by atoms with E-state index >= 15 is 0 Å². The van der Waals surface area contributed by atoms with E-state index in [1.807, 2.05) is 6.07 Å². The number of anilines is 3. The van der Waals surface area contributed by atoms with Crippen LogP contribution in [-0.4, -0.2) is 12.0 Å². The number of hydrogen-bond donors (Lipinski definition) is 1. The number of nitro groups is 1. The van der Waals surface area contributed by atoms with E-state index in [9.17, 15) is 10.1 Å². The lowest BCUT2D eigenvalue weighted by Gasteiger charge is -2.21. The lowest BCUT2D eigenvalue weighted by atomic mass is 10.2. The third kappa shape index (κ3) is 2.52. The summed E-state index contributed by atoms with van der Waals surface area (Å²) in [5, 5.41) is 19.4. The second kappa shape index (κ2) is 5.28. The summed E-state index contributed by atoms with van der Waals surface area (Å²) >= 11 is 0. The molecule has 2 aromatic carbocycles. The van der Waals surface area contributed by atoms with Gasteiger partial charge in [-0.25, -0.2) is 0 Å². The monoisotopic (exact) mass is 268 g/mol. The van der Waals surface area contributed by atoms with Crippen LogP contribution in [0, 0.1) is 21.4 Å². The number of non-ortho nitro benzene ring substituents is 1. The van der Waals surface area contributed by atoms with Gasteiger partial charge in [-0.05, 0) is 30.3 Å². The molecule has 0 spiro atoms. The molecule has 0 radical (unpaired) electrons. The first-order chi connectivity index (χ1) is 9.52. The zero-order valence-electron chi connectivity index (χ0n) is 10.8. The van der Waals surface area contributed by atoms with Crippen molar-refractivity contribution in [1.82, 2.24) is 0 Å². The molecule has 6 heteroatoms. The van der Waals surface area contributed by atoms with Crippen molar-refractivity contribution in [2.75, 3.05) is 17.7 Å². The van der Waals surface area contributed by atoms with Crippen molar-refractivity contribution < 1.29 is 4.92 Å². The van der Waals surface area contributed by atoms with E-state index in [0.29, 0.717) is 16.9 Å². The van der Waals surface area contributed by atoms with Gasteiger partial charge in [0.15, 0.2) is 0 Å². The van der Waals surface area contributed by atoms with Crippen molar-refractivity contribution in [1.29, 1.82) is 5.26 Å². The maximum absolute atomic E-state index is 10.7. The van der Waals surface area contributed by atoms with Gasteiger partial charge in [0.05, 0.1) is 27.9 Å². The number of nitrogens with zero attached hydrogens (tertiary/aromatic N) is 3. The molecule has 0 fully saturated rings. The number of hydrogen-bond acceptors (Lipinski definition) is 5. The highest BCUT2D eigenvalue weighted by atomic mass is 16.6. The first kappa shape index (κ1) is 13.4. The Morgan fingerprint density at radius 2 is 1.90 bits per heavy atom. The number of benzene rings is 2.